The van der Waals surface area contributed by atoms with Gasteiger partial charge in [-0.05, 0) is 6.07 Å². The van der Waals surface area contributed by atoms with Gasteiger partial charge in [-0.2, -0.15) is 0 Å². The summed E-state index contributed by atoms with van der Waals surface area (Å²) in [7, 11) is 0. The van der Waals surface area contributed by atoms with Crippen molar-refractivity contribution in [2.24, 2.45) is 5.92 Å². The average Bonchev–Trinajstić information content (AvgIpc) is 2.43. The lowest BCUT2D eigenvalue weighted by atomic mass is 9.96. The highest BCUT2D eigenvalue weighted by molar-refractivity contribution is 6.17. The first-order chi connectivity index (χ1) is 9.68. The number of carbonyl (C=O) groups is 2. The van der Waals surface area contributed by atoms with Crippen LogP contribution >= 0.6 is 0 Å². The molecule has 0 heterocycles. The summed E-state index contributed by atoms with van der Waals surface area (Å²) in [6, 6.07) is 2.68. The zero-order valence-corrected chi connectivity index (χ0v) is 11.1. The Balaban J connectivity index is 3.46. The van der Waals surface area contributed by atoms with Gasteiger partial charge < -0.3 is 0 Å². The molecule has 0 bridgehead atoms. The number of rotatable bonds is 6. The summed E-state index contributed by atoms with van der Waals surface area (Å²) >= 11 is 0. The van der Waals surface area contributed by atoms with Gasteiger partial charge >= 0.3 is 0 Å². The van der Waals surface area contributed by atoms with Crippen molar-refractivity contribution in [3.05, 3.63) is 44.0 Å². The number of nitro benzene ring substituents is 2. The summed E-state index contributed by atoms with van der Waals surface area (Å²) < 4.78 is 13.9. The van der Waals surface area contributed by atoms with Gasteiger partial charge in [0.2, 0.25) is 12.0 Å². The first-order valence-electron chi connectivity index (χ1n) is 5.82. The number of nitrogens with zero attached hydrogens (tertiary/aromatic N) is 2. The summed E-state index contributed by atoms with van der Waals surface area (Å²) in [5.41, 5.74) is -2.82. The maximum atomic E-state index is 13.9. The van der Waals surface area contributed by atoms with Gasteiger partial charge in [0.15, 0.2) is 11.3 Å². The van der Waals surface area contributed by atoms with Crippen molar-refractivity contribution in [1.82, 2.24) is 0 Å². The smallest absolute Gasteiger partial charge is 0.287 e. The minimum absolute atomic E-state index is 0.828. The number of nitro groups is 2. The number of halogens is 1. The van der Waals surface area contributed by atoms with Crippen LogP contribution in [0.1, 0.15) is 24.2 Å². The van der Waals surface area contributed by atoms with Crippen molar-refractivity contribution >= 4 is 22.9 Å². The van der Waals surface area contributed by atoms with E-state index >= 15 is 0 Å². The summed E-state index contributed by atoms with van der Waals surface area (Å²) in [6.07, 6.45) is -2.68. The number of hydrogen-bond donors (Lipinski definition) is 0. The fourth-order valence-corrected chi connectivity index (χ4v) is 1.63. The number of Topliss-reactive ketones (excluding diaryl/α,β-unsaturated/α-hetero) is 2. The normalized spacial score (nSPS) is 12.0. The highest BCUT2D eigenvalue weighted by Crippen LogP contribution is 2.30. The van der Waals surface area contributed by atoms with Gasteiger partial charge in [-0.1, -0.05) is 13.8 Å². The van der Waals surface area contributed by atoms with Crippen LogP contribution in [-0.2, 0) is 4.79 Å². The third-order valence-corrected chi connectivity index (χ3v) is 2.71. The molecule has 9 heteroatoms. The molecule has 0 aliphatic heterocycles. The molecule has 21 heavy (non-hydrogen) atoms. The fraction of sp³-hybridized carbons (Fsp3) is 0.333. The zero-order valence-electron chi connectivity index (χ0n) is 11.1. The van der Waals surface area contributed by atoms with Gasteiger partial charge in [0, 0.05) is 18.1 Å². The molecule has 0 radical (unpaired) electrons. The number of ketones is 2. The minimum atomic E-state index is -2.68. The molecule has 0 fully saturated rings. The van der Waals surface area contributed by atoms with Crippen LogP contribution < -0.4 is 0 Å². The Morgan fingerprint density at radius 2 is 1.52 bits per heavy atom. The summed E-state index contributed by atoms with van der Waals surface area (Å²) in [4.78, 5) is 43.1. The second-order valence-corrected chi connectivity index (χ2v) is 4.47. The maximum Gasteiger partial charge on any atom is 0.287 e. The molecule has 1 rings (SSSR count). The molecular weight excluding hydrogens is 287 g/mol. The average molecular weight is 298 g/mol. The van der Waals surface area contributed by atoms with Crippen LogP contribution in [0, 0.1) is 26.1 Å². The quantitative estimate of drug-likeness (QED) is 0.343. The molecule has 0 aromatic heterocycles. The van der Waals surface area contributed by atoms with Gasteiger partial charge in [-0.25, -0.2) is 4.39 Å². The van der Waals surface area contributed by atoms with Gasteiger partial charge in [0.25, 0.3) is 11.4 Å². The molecule has 1 unspecified atom stereocenters. The Labute approximate surface area is 117 Å². The fourth-order valence-electron chi connectivity index (χ4n) is 1.63. The lowest BCUT2D eigenvalue weighted by Gasteiger charge is -2.09. The molecule has 0 aliphatic rings. The van der Waals surface area contributed by atoms with Gasteiger partial charge in [-0.15, -0.1) is 0 Å². The van der Waals surface area contributed by atoms with Crippen molar-refractivity contribution in [3.8, 4) is 0 Å². The molecule has 8 nitrogen and oxygen atoms in total. The molecular formula is C12H11FN2O6. The van der Waals surface area contributed by atoms with E-state index in [1.54, 1.807) is 0 Å². The molecule has 0 saturated heterocycles. The number of alkyl halides is 1. The monoisotopic (exact) mass is 298 g/mol. The predicted octanol–water partition coefficient (Wildman–Crippen LogP) is 2.25. The first-order valence-corrected chi connectivity index (χ1v) is 5.82. The van der Waals surface area contributed by atoms with E-state index in [2.05, 4.69) is 0 Å². The van der Waals surface area contributed by atoms with Gasteiger partial charge in [-0.3, -0.25) is 29.8 Å². The summed E-state index contributed by atoms with van der Waals surface area (Å²) in [5, 5.41) is 21.7. The molecule has 0 saturated carbocycles. The van der Waals surface area contributed by atoms with E-state index in [9.17, 15) is 34.2 Å². The SMILES string of the molecule is CC(C)C(=O)C(F)C(=O)c1c([N+](=O)[O-])cccc1[N+](=O)[O-]. The van der Waals surface area contributed by atoms with Crippen molar-refractivity contribution in [2.75, 3.05) is 0 Å². The Morgan fingerprint density at radius 1 is 1.10 bits per heavy atom. The molecule has 0 N–H and O–H groups in total. The van der Waals surface area contributed by atoms with E-state index in [0.29, 0.717) is 0 Å². The van der Waals surface area contributed by atoms with E-state index < -0.39 is 50.4 Å². The lowest BCUT2D eigenvalue weighted by Crippen LogP contribution is -2.30. The topological polar surface area (TPSA) is 120 Å². The van der Waals surface area contributed by atoms with Crippen molar-refractivity contribution in [3.63, 3.8) is 0 Å². The Hall–Kier alpha value is -2.71. The molecule has 112 valence electrons. The van der Waals surface area contributed by atoms with Crippen LogP contribution in [0.25, 0.3) is 0 Å². The molecule has 0 amide bonds. The maximum absolute atomic E-state index is 13.9. The second-order valence-electron chi connectivity index (χ2n) is 4.47. The van der Waals surface area contributed by atoms with Crippen LogP contribution in [0.15, 0.2) is 18.2 Å². The van der Waals surface area contributed by atoms with E-state index in [1.165, 1.54) is 13.8 Å². The predicted molar refractivity (Wildman–Crippen MR) is 68.8 cm³/mol. The zero-order chi connectivity index (χ0) is 16.3. The van der Waals surface area contributed by atoms with Crippen LogP contribution in [0.4, 0.5) is 15.8 Å². The van der Waals surface area contributed by atoms with E-state index in [0.717, 1.165) is 18.2 Å². The number of carbonyl (C=O) groups excluding carboxylic acids is 2. The van der Waals surface area contributed by atoms with E-state index in [4.69, 9.17) is 0 Å². The Bertz CT molecular complexity index is 596. The number of hydrogen-bond acceptors (Lipinski definition) is 6. The van der Waals surface area contributed by atoms with Crippen LogP contribution in [0.5, 0.6) is 0 Å². The third kappa shape index (κ3) is 3.25. The molecule has 1 atom stereocenters. The van der Waals surface area contributed by atoms with Crippen LogP contribution in [0.2, 0.25) is 0 Å². The van der Waals surface area contributed by atoms with Crippen molar-refractivity contribution in [2.45, 2.75) is 20.0 Å². The van der Waals surface area contributed by atoms with Crippen LogP contribution in [-0.4, -0.2) is 27.6 Å². The molecule has 1 aromatic carbocycles. The highest BCUT2D eigenvalue weighted by Gasteiger charge is 2.38. The first kappa shape index (κ1) is 16.3. The summed E-state index contributed by atoms with van der Waals surface area (Å²) in [6.45, 7) is 2.69. The van der Waals surface area contributed by atoms with Crippen LogP contribution in [0.3, 0.4) is 0 Å². The van der Waals surface area contributed by atoms with Crippen molar-refractivity contribution in [1.29, 1.82) is 0 Å². The standard InChI is InChI=1S/C12H11FN2O6/c1-6(2)11(16)10(13)12(17)9-7(14(18)19)4-3-5-8(9)15(20)21/h3-6,10H,1-2H3. The van der Waals surface area contributed by atoms with Gasteiger partial charge in [0.1, 0.15) is 0 Å². The third-order valence-electron chi connectivity index (χ3n) is 2.71. The Morgan fingerprint density at radius 3 is 1.86 bits per heavy atom. The highest BCUT2D eigenvalue weighted by atomic mass is 19.1. The van der Waals surface area contributed by atoms with E-state index in [1.807, 2.05) is 0 Å². The molecule has 1 aromatic rings. The van der Waals surface area contributed by atoms with Crippen molar-refractivity contribution < 1.29 is 23.8 Å². The second kappa shape index (κ2) is 6.16. The number of benzene rings is 1. The van der Waals surface area contributed by atoms with E-state index in [-0.39, 0.29) is 0 Å². The molecule has 0 aliphatic carbocycles. The molecule has 0 spiro atoms. The Kier molecular flexibility index (Phi) is 4.79. The largest absolute Gasteiger partial charge is 0.296 e. The van der Waals surface area contributed by atoms with Gasteiger partial charge in [0.05, 0.1) is 9.85 Å². The summed E-state index contributed by atoms with van der Waals surface area (Å²) in [5.74, 6) is -3.49. The minimum Gasteiger partial charge on any atom is -0.296 e. The lowest BCUT2D eigenvalue weighted by molar-refractivity contribution is -0.394.